The molecule has 1 aliphatic carbocycles. The molecule has 3 nitrogen and oxygen atoms in total. The molecular formula is C12H22N2O. The lowest BCUT2D eigenvalue weighted by Gasteiger charge is -2.38. The fraction of sp³-hybridized carbons (Fsp3) is 0.917. The Morgan fingerprint density at radius 1 is 1.13 bits per heavy atom. The van der Waals surface area contributed by atoms with Gasteiger partial charge in [0.25, 0.3) is 0 Å². The molecule has 0 bridgehead atoms. The number of rotatable bonds is 2. The number of amides is 1. The zero-order valence-electron chi connectivity index (χ0n) is 9.45. The van der Waals surface area contributed by atoms with Crippen molar-refractivity contribution < 1.29 is 4.79 Å². The molecule has 15 heavy (non-hydrogen) atoms. The molecule has 1 saturated heterocycles. The minimum atomic E-state index is 0.467. The van der Waals surface area contributed by atoms with E-state index in [1.165, 1.54) is 38.5 Å². The molecule has 0 radical (unpaired) electrons. The lowest BCUT2D eigenvalue weighted by atomic mass is 9.90. The smallest absolute Gasteiger partial charge is 0.210 e. The van der Waals surface area contributed by atoms with Gasteiger partial charge < -0.3 is 10.2 Å². The molecule has 1 unspecified atom stereocenters. The van der Waals surface area contributed by atoms with Gasteiger partial charge in [-0.25, -0.2) is 0 Å². The Bertz CT molecular complexity index is 200. The highest BCUT2D eigenvalue weighted by Crippen LogP contribution is 2.28. The Morgan fingerprint density at radius 2 is 1.87 bits per heavy atom. The van der Waals surface area contributed by atoms with Gasteiger partial charge in [-0.1, -0.05) is 25.7 Å². The number of hydrogen-bond donors (Lipinski definition) is 1. The highest BCUT2D eigenvalue weighted by molar-refractivity contribution is 5.48. The average molecular weight is 210 g/mol. The number of carbonyl (C=O) groups is 1. The van der Waals surface area contributed by atoms with Crippen LogP contribution >= 0.6 is 0 Å². The van der Waals surface area contributed by atoms with Gasteiger partial charge in [0.05, 0.1) is 0 Å². The van der Waals surface area contributed by atoms with E-state index in [2.05, 4.69) is 5.32 Å². The van der Waals surface area contributed by atoms with Crippen molar-refractivity contribution in [3.05, 3.63) is 0 Å². The van der Waals surface area contributed by atoms with Crippen LogP contribution in [0.25, 0.3) is 0 Å². The molecule has 0 spiro atoms. The van der Waals surface area contributed by atoms with E-state index in [1.54, 1.807) is 0 Å². The summed E-state index contributed by atoms with van der Waals surface area (Å²) in [5.74, 6) is 0.741. The van der Waals surface area contributed by atoms with E-state index in [0.717, 1.165) is 32.0 Å². The number of piperazine rings is 1. The van der Waals surface area contributed by atoms with E-state index < -0.39 is 0 Å². The van der Waals surface area contributed by atoms with Gasteiger partial charge in [0.1, 0.15) is 0 Å². The van der Waals surface area contributed by atoms with Gasteiger partial charge in [-0.2, -0.15) is 0 Å². The average Bonchev–Trinajstić information content (AvgIpc) is 2.57. The quantitative estimate of drug-likeness (QED) is 0.552. The molecule has 2 aliphatic rings. The first kappa shape index (κ1) is 10.9. The van der Waals surface area contributed by atoms with Crippen LogP contribution in [-0.4, -0.2) is 37.0 Å². The molecule has 0 aromatic rings. The van der Waals surface area contributed by atoms with Gasteiger partial charge in [0.15, 0.2) is 0 Å². The van der Waals surface area contributed by atoms with Crippen LogP contribution in [0.4, 0.5) is 0 Å². The van der Waals surface area contributed by atoms with E-state index in [9.17, 15) is 4.79 Å². The van der Waals surface area contributed by atoms with Crippen molar-refractivity contribution in [3.63, 3.8) is 0 Å². The summed E-state index contributed by atoms with van der Waals surface area (Å²) < 4.78 is 0. The van der Waals surface area contributed by atoms with Crippen molar-refractivity contribution >= 4 is 6.41 Å². The van der Waals surface area contributed by atoms with Crippen LogP contribution in [0, 0.1) is 5.92 Å². The van der Waals surface area contributed by atoms with Crippen molar-refractivity contribution in [1.29, 1.82) is 0 Å². The Kier molecular flexibility index (Phi) is 4.01. The molecule has 1 atom stereocenters. The van der Waals surface area contributed by atoms with Crippen molar-refractivity contribution in [1.82, 2.24) is 10.2 Å². The van der Waals surface area contributed by atoms with E-state index in [1.807, 2.05) is 4.90 Å². The van der Waals surface area contributed by atoms with E-state index in [0.29, 0.717) is 6.04 Å². The highest BCUT2D eigenvalue weighted by atomic mass is 16.1. The first-order chi connectivity index (χ1) is 7.42. The molecule has 1 saturated carbocycles. The van der Waals surface area contributed by atoms with Gasteiger partial charge >= 0.3 is 0 Å². The largest absolute Gasteiger partial charge is 0.339 e. The Balaban J connectivity index is 1.95. The lowest BCUT2D eigenvalue weighted by molar-refractivity contribution is -0.122. The van der Waals surface area contributed by atoms with Crippen molar-refractivity contribution in [3.8, 4) is 0 Å². The van der Waals surface area contributed by atoms with Gasteiger partial charge in [-0.3, -0.25) is 4.79 Å². The second kappa shape index (κ2) is 5.50. The summed E-state index contributed by atoms with van der Waals surface area (Å²) in [4.78, 5) is 13.0. The standard InChI is InChI=1S/C12H22N2O/c15-10-14-8-7-13-9-12(14)11-5-3-1-2-4-6-11/h10-13H,1-9H2. The molecule has 1 heterocycles. The highest BCUT2D eigenvalue weighted by Gasteiger charge is 2.29. The summed E-state index contributed by atoms with van der Waals surface area (Å²) in [5.41, 5.74) is 0. The minimum absolute atomic E-state index is 0.467. The first-order valence-corrected chi connectivity index (χ1v) is 6.33. The maximum atomic E-state index is 11.0. The number of nitrogens with one attached hydrogen (secondary N) is 1. The molecule has 0 aromatic heterocycles. The van der Waals surface area contributed by atoms with Crippen LogP contribution in [0.15, 0.2) is 0 Å². The van der Waals surface area contributed by atoms with E-state index in [-0.39, 0.29) is 0 Å². The Hall–Kier alpha value is -0.570. The molecule has 2 fully saturated rings. The van der Waals surface area contributed by atoms with E-state index >= 15 is 0 Å². The monoisotopic (exact) mass is 210 g/mol. The van der Waals surface area contributed by atoms with Crippen LogP contribution in [0.3, 0.4) is 0 Å². The lowest BCUT2D eigenvalue weighted by Crippen LogP contribution is -2.53. The molecule has 1 N–H and O–H groups in total. The summed E-state index contributed by atoms with van der Waals surface area (Å²) in [7, 11) is 0. The third-order valence-electron chi connectivity index (χ3n) is 3.91. The van der Waals surface area contributed by atoms with Crippen molar-refractivity contribution in [2.24, 2.45) is 5.92 Å². The van der Waals surface area contributed by atoms with Gasteiger partial charge in [-0.05, 0) is 18.8 Å². The molecule has 86 valence electrons. The predicted octanol–water partition coefficient (Wildman–Crippen LogP) is 1.39. The second-order valence-corrected chi connectivity index (χ2v) is 4.87. The minimum Gasteiger partial charge on any atom is -0.339 e. The Labute approximate surface area is 92.2 Å². The molecule has 0 aromatic carbocycles. The van der Waals surface area contributed by atoms with E-state index in [4.69, 9.17) is 0 Å². The summed E-state index contributed by atoms with van der Waals surface area (Å²) in [5, 5.41) is 3.42. The molecular weight excluding hydrogens is 188 g/mol. The van der Waals surface area contributed by atoms with Gasteiger partial charge in [0, 0.05) is 25.7 Å². The summed E-state index contributed by atoms with van der Waals surface area (Å²) in [6.07, 6.45) is 9.17. The third-order valence-corrected chi connectivity index (χ3v) is 3.91. The molecule has 2 rings (SSSR count). The molecule has 1 aliphatic heterocycles. The Morgan fingerprint density at radius 3 is 2.53 bits per heavy atom. The van der Waals surface area contributed by atoms with Crippen LogP contribution in [0.5, 0.6) is 0 Å². The summed E-state index contributed by atoms with van der Waals surface area (Å²) in [6.45, 7) is 2.86. The normalized spacial score (nSPS) is 29.9. The predicted molar refractivity (Wildman–Crippen MR) is 60.6 cm³/mol. The first-order valence-electron chi connectivity index (χ1n) is 6.33. The van der Waals surface area contributed by atoms with Crippen LogP contribution < -0.4 is 5.32 Å². The number of nitrogens with zero attached hydrogens (tertiary/aromatic N) is 1. The fourth-order valence-corrected chi connectivity index (χ4v) is 3.01. The SMILES string of the molecule is O=CN1CCNCC1C1CCCCCC1. The molecule has 1 amide bonds. The summed E-state index contributed by atoms with van der Waals surface area (Å²) >= 11 is 0. The van der Waals surface area contributed by atoms with Crippen LogP contribution in [0.2, 0.25) is 0 Å². The summed E-state index contributed by atoms with van der Waals surface area (Å²) in [6, 6.07) is 0.467. The topological polar surface area (TPSA) is 32.3 Å². The maximum absolute atomic E-state index is 11.0. The van der Waals surface area contributed by atoms with Gasteiger partial charge in [-0.15, -0.1) is 0 Å². The van der Waals surface area contributed by atoms with Crippen molar-refractivity contribution in [2.45, 2.75) is 44.6 Å². The van der Waals surface area contributed by atoms with Crippen LogP contribution in [0.1, 0.15) is 38.5 Å². The van der Waals surface area contributed by atoms with Gasteiger partial charge in [0.2, 0.25) is 6.41 Å². The van der Waals surface area contributed by atoms with Crippen LogP contribution in [-0.2, 0) is 4.79 Å². The number of carbonyl (C=O) groups excluding carboxylic acids is 1. The van der Waals surface area contributed by atoms with Crippen molar-refractivity contribution in [2.75, 3.05) is 19.6 Å². The fourth-order valence-electron chi connectivity index (χ4n) is 3.01. The molecule has 3 heteroatoms. The maximum Gasteiger partial charge on any atom is 0.210 e. The third kappa shape index (κ3) is 2.71. The number of hydrogen-bond acceptors (Lipinski definition) is 2. The zero-order chi connectivity index (χ0) is 10.5. The zero-order valence-corrected chi connectivity index (χ0v) is 9.45. The second-order valence-electron chi connectivity index (χ2n) is 4.87.